The van der Waals surface area contributed by atoms with Crippen molar-refractivity contribution in [3.8, 4) is 0 Å². The molecule has 1 aromatic carbocycles. The van der Waals surface area contributed by atoms with Crippen molar-refractivity contribution in [1.29, 1.82) is 0 Å². The minimum absolute atomic E-state index is 0.0996. The van der Waals surface area contributed by atoms with Gasteiger partial charge < -0.3 is 10.1 Å². The molecule has 1 atom stereocenters. The zero-order valence-electron chi connectivity index (χ0n) is 9.10. The lowest BCUT2D eigenvalue weighted by Gasteiger charge is -2.15. The molecule has 2 rings (SSSR count). The third kappa shape index (κ3) is 2.05. The van der Waals surface area contributed by atoms with Crippen molar-refractivity contribution < 1.29 is 9.66 Å². The van der Waals surface area contributed by atoms with Crippen molar-refractivity contribution >= 4 is 5.69 Å². The van der Waals surface area contributed by atoms with Gasteiger partial charge in [-0.15, -0.1) is 0 Å². The maximum atomic E-state index is 10.7. The molecule has 0 amide bonds. The van der Waals surface area contributed by atoms with Crippen LogP contribution in [0.5, 0.6) is 0 Å². The van der Waals surface area contributed by atoms with Gasteiger partial charge in [0.15, 0.2) is 0 Å². The van der Waals surface area contributed by atoms with Crippen LogP contribution >= 0.6 is 0 Å². The molecule has 0 saturated carbocycles. The van der Waals surface area contributed by atoms with Gasteiger partial charge in [0, 0.05) is 25.8 Å². The van der Waals surface area contributed by atoms with E-state index in [9.17, 15) is 10.1 Å². The number of non-ortho nitro benzene ring substituents is 1. The van der Waals surface area contributed by atoms with Crippen LogP contribution in [0.25, 0.3) is 0 Å². The van der Waals surface area contributed by atoms with Gasteiger partial charge in [0.2, 0.25) is 0 Å². The lowest BCUT2D eigenvalue weighted by Crippen LogP contribution is -2.21. The summed E-state index contributed by atoms with van der Waals surface area (Å²) in [5, 5.41) is 14.0. The van der Waals surface area contributed by atoms with Crippen molar-refractivity contribution in [3.63, 3.8) is 0 Å². The standard InChI is InChI=1S/C11H14N2O3/c1-16-11-7-12-5-4-8-2-3-9(13(14)15)6-10(8)11/h2-3,6,11-12H,4-5,7H2,1H3. The summed E-state index contributed by atoms with van der Waals surface area (Å²) in [4.78, 5) is 10.3. The van der Waals surface area contributed by atoms with Gasteiger partial charge in [0.1, 0.15) is 0 Å². The highest BCUT2D eigenvalue weighted by Crippen LogP contribution is 2.27. The number of benzene rings is 1. The maximum absolute atomic E-state index is 10.7. The van der Waals surface area contributed by atoms with E-state index in [2.05, 4.69) is 5.32 Å². The third-order valence-corrected chi connectivity index (χ3v) is 2.87. The summed E-state index contributed by atoms with van der Waals surface area (Å²) < 4.78 is 5.35. The second-order valence-electron chi connectivity index (χ2n) is 3.82. The van der Waals surface area contributed by atoms with Crippen molar-refractivity contribution in [2.45, 2.75) is 12.5 Å². The van der Waals surface area contributed by atoms with Gasteiger partial charge in [-0.1, -0.05) is 6.07 Å². The first kappa shape index (κ1) is 11.0. The van der Waals surface area contributed by atoms with Crippen LogP contribution in [0.3, 0.4) is 0 Å². The number of ether oxygens (including phenoxy) is 1. The predicted octanol–water partition coefficient (Wildman–Crippen LogP) is 1.43. The summed E-state index contributed by atoms with van der Waals surface area (Å²) in [6.45, 7) is 1.58. The minimum atomic E-state index is -0.370. The molecule has 0 saturated heterocycles. The van der Waals surface area contributed by atoms with Crippen molar-refractivity contribution in [2.75, 3.05) is 20.2 Å². The Morgan fingerprint density at radius 2 is 2.38 bits per heavy atom. The van der Waals surface area contributed by atoms with Crippen LogP contribution in [0.15, 0.2) is 18.2 Å². The quantitative estimate of drug-likeness (QED) is 0.607. The Labute approximate surface area is 93.6 Å². The number of nitrogens with zero attached hydrogens (tertiary/aromatic N) is 1. The topological polar surface area (TPSA) is 64.4 Å². The second kappa shape index (κ2) is 4.59. The number of methoxy groups -OCH3 is 1. The zero-order chi connectivity index (χ0) is 11.5. The van der Waals surface area contributed by atoms with E-state index in [0.717, 1.165) is 24.1 Å². The Morgan fingerprint density at radius 1 is 1.56 bits per heavy atom. The van der Waals surface area contributed by atoms with Crippen LogP contribution in [0.2, 0.25) is 0 Å². The molecule has 0 aromatic heterocycles. The summed E-state index contributed by atoms with van der Waals surface area (Å²) >= 11 is 0. The molecule has 1 aliphatic rings. The molecule has 5 heteroatoms. The first-order valence-electron chi connectivity index (χ1n) is 5.23. The van der Waals surface area contributed by atoms with E-state index in [1.165, 1.54) is 0 Å². The average Bonchev–Trinajstić information content (AvgIpc) is 2.49. The Hall–Kier alpha value is -1.46. The molecule has 1 aromatic rings. The van der Waals surface area contributed by atoms with E-state index >= 15 is 0 Å². The summed E-state index contributed by atoms with van der Waals surface area (Å²) in [7, 11) is 1.63. The first-order valence-corrected chi connectivity index (χ1v) is 5.23. The summed E-state index contributed by atoms with van der Waals surface area (Å²) in [5.74, 6) is 0. The van der Waals surface area contributed by atoms with Crippen LogP contribution in [-0.4, -0.2) is 25.1 Å². The van der Waals surface area contributed by atoms with Gasteiger partial charge in [0.25, 0.3) is 5.69 Å². The number of rotatable bonds is 2. The fourth-order valence-corrected chi connectivity index (χ4v) is 2.00. The monoisotopic (exact) mass is 222 g/mol. The smallest absolute Gasteiger partial charge is 0.269 e. The number of hydrogen-bond acceptors (Lipinski definition) is 4. The molecule has 1 heterocycles. The number of nitro groups is 1. The summed E-state index contributed by atoms with van der Waals surface area (Å²) in [5.41, 5.74) is 2.19. The number of fused-ring (bicyclic) bond motifs is 1. The van der Waals surface area contributed by atoms with Crippen molar-refractivity contribution in [1.82, 2.24) is 5.32 Å². The average molecular weight is 222 g/mol. The highest BCUT2D eigenvalue weighted by Gasteiger charge is 2.20. The molecule has 5 nitrogen and oxygen atoms in total. The third-order valence-electron chi connectivity index (χ3n) is 2.87. The fraction of sp³-hybridized carbons (Fsp3) is 0.455. The van der Waals surface area contributed by atoms with Crippen LogP contribution in [-0.2, 0) is 11.2 Å². The van der Waals surface area contributed by atoms with Crippen molar-refractivity contribution in [2.24, 2.45) is 0 Å². The molecule has 0 bridgehead atoms. The molecular formula is C11H14N2O3. The Morgan fingerprint density at radius 3 is 3.06 bits per heavy atom. The second-order valence-corrected chi connectivity index (χ2v) is 3.82. The fourth-order valence-electron chi connectivity index (χ4n) is 2.00. The van der Waals surface area contributed by atoms with Gasteiger partial charge in [-0.3, -0.25) is 10.1 Å². The predicted molar refractivity (Wildman–Crippen MR) is 59.4 cm³/mol. The molecule has 0 aliphatic carbocycles. The Kier molecular flexibility index (Phi) is 3.17. The van der Waals surface area contributed by atoms with Gasteiger partial charge in [-0.05, 0) is 24.1 Å². The van der Waals surface area contributed by atoms with Crippen LogP contribution in [0.4, 0.5) is 5.69 Å². The van der Waals surface area contributed by atoms with Crippen molar-refractivity contribution in [3.05, 3.63) is 39.4 Å². The zero-order valence-corrected chi connectivity index (χ0v) is 9.10. The maximum Gasteiger partial charge on any atom is 0.269 e. The van der Waals surface area contributed by atoms with E-state index in [4.69, 9.17) is 4.74 Å². The SMILES string of the molecule is COC1CNCCc2ccc([N+](=O)[O-])cc21. The molecule has 16 heavy (non-hydrogen) atoms. The minimum Gasteiger partial charge on any atom is -0.375 e. The number of nitro benzene ring substituents is 1. The summed E-state index contributed by atoms with van der Waals surface area (Å²) in [6.07, 6.45) is 0.783. The first-order chi connectivity index (χ1) is 7.72. The molecule has 1 unspecified atom stereocenters. The Bertz CT molecular complexity index is 406. The molecule has 0 radical (unpaired) electrons. The van der Waals surface area contributed by atoms with Gasteiger partial charge in [0.05, 0.1) is 11.0 Å². The molecule has 86 valence electrons. The van der Waals surface area contributed by atoms with Crippen LogP contribution in [0, 0.1) is 10.1 Å². The number of nitrogens with one attached hydrogen (secondary N) is 1. The van der Waals surface area contributed by atoms with E-state index in [1.54, 1.807) is 19.2 Å². The molecule has 0 spiro atoms. The Balaban J connectivity index is 2.43. The number of hydrogen-bond donors (Lipinski definition) is 1. The van der Waals surface area contributed by atoms with E-state index < -0.39 is 0 Å². The van der Waals surface area contributed by atoms with Gasteiger partial charge in [-0.2, -0.15) is 0 Å². The van der Waals surface area contributed by atoms with Crippen LogP contribution < -0.4 is 5.32 Å². The highest BCUT2D eigenvalue weighted by atomic mass is 16.6. The van der Waals surface area contributed by atoms with Crippen LogP contribution in [0.1, 0.15) is 17.2 Å². The largest absolute Gasteiger partial charge is 0.375 e. The van der Waals surface area contributed by atoms with E-state index in [0.29, 0.717) is 6.54 Å². The summed E-state index contributed by atoms with van der Waals surface area (Å²) in [6, 6.07) is 5.00. The molecule has 1 aliphatic heterocycles. The highest BCUT2D eigenvalue weighted by molar-refractivity contribution is 5.42. The van der Waals surface area contributed by atoms with E-state index in [1.807, 2.05) is 6.07 Å². The lowest BCUT2D eigenvalue weighted by molar-refractivity contribution is -0.385. The van der Waals surface area contributed by atoms with Gasteiger partial charge in [-0.25, -0.2) is 0 Å². The van der Waals surface area contributed by atoms with E-state index in [-0.39, 0.29) is 16.7 Å². The van der Waals surface area contributed by atoms with Gasteiger partial charge >= 0.3 is 0 Å². The molecule has 1 N–H and O–H groups in total. The molecule has 0 fully saturated rings. The lowest BCUT2D eigenvalue weighted by atomic mass is 10.0. The normalized spacial score (nSPS) is 19.9. The molecular weight excluding hydrogens is 208 g/mol.